The van der Waals surface area contributed by atoms with E-state index >= 15 is 0 Å². The molecule has 6 nitrogen and oxygen atoms in total. The van der Waals surface area contributed by atoms with Gasteiger partial charge in [0, 0.05) is 5.75 Å². The SMILES string of the molecule is CC(C)(C)Oc1ccc([S+](c2ccc(OC(C)(C)C)cc2)c2ccc(OC(C)(C)C)cc2)cc1.CCCCS(=O)(=O)[O-]. The lowest BCUT2D eigenvalue weighted by atomic mass is 10.2. The van der Waals surface area contributed by atoms with Gasteiger partial charge in [0.05, 0.1) is 21.0 Å². The Morgan fingerprint density at radius 1 is 0.571 bits per heavy atom. The van der Waals surface area contributed by atoms with Crippen LogP contribution in [-0.2, 0) is 21.0 Å². The Morgan fingerprint density at radius 3 is 1.00 bits per heavy atom. The highest BCUT2D eigenvalue weighted by Gasteiger charge is 2.29. The van der Waals surface area contributed by atoms with Crippen molar-refractivity contribution in [3.8, 4) is 17.2 Å². The van der Waals surface area contributed by atoms with Crippen molar-refractivity contribution in [2.45, 2.75) is 114 Å². The van der Waals surface area contributed by atoms with Crippen LogP contribution in [-0.4, -0.2) is 35.5 Å². The molecular weight excluding hydrogens is 569 g/mol. The van der Waals surface area contributed by atoms with Gasteiger partial charge >= 0.3 is 0 Å². The van der Waals surface area contributed by atoms with Crippen molar-refractivity contribution in [1.82, 2.24) is 0 Å². The summed E-state index contributed by atoms with van der Waals surface area (Å²) in [5, 5.41) is 0. The van der Waals surface area contributed by atoms with E-state index in [9.17, 15) is 13.0 Å². The van der Waals surface area contributed by atoms with E-state index in [2.05, 4.69) is 135 Å². The second-order valence-corrected chi connectivity index (χ2v) is 16.5. The molecule has 0 aliphatic rings. The van der Waals surface area contributed by atoms with Crippen LogP contribution in [0.5, 0.6) is 17.2 Å². The molecule has 3 aromatic rings. The zero-order chi connectivity index (χ0) is 31.8. The van der Waals surface area contributed by atoms with Gasteiger partial charge in [-0.3, -0.25) is 0 Å². The molecule has 0 fully saturated rings. The van der Waals surface area contributed by atoms with Crippen LogP contribution in [0.15, 0.2) is 87.5 Å². The summed E-state index contributed by atoms with van der Waals surface area (Å²) < 4.78 is 47.6. The van der Waals surface area contributed by atoms with E-state index in [1.807, 2.05) is 6.92 Å². The molecule has 0 N–H and O–H groups in total. The molecule has 232 valence electrons. The van der Waals surface area contributed by atoms with Crippen molar-refractivity contribution in [2.24, 2.45) is 0 Å². The minimum Gasteiger partial charge on any atom is -0.748 e. The molecule has 0 unspecified atom stereocenters. The van der Waals surface area contributed by atoms with Gasteiger partial charge in [-0.05, 0) is 142 Å². The van der Waals surface area contributed by atoms with Crippen molar-refractivity contribution in [2.75, 3.05) is 5.75 Å². The molecule has 42 heavy (non-hydrogen) atoms. The van der Waals surface area contributed by atoms with Gasteiger partial charge in [-0.1, -0.05) is 13.3 Å². The first kappa shape index (κ1) is 35.5. The Labute approximate surface area is 256 Å². The van der Waals surface area contributed by atoms with Crippen LogP contribution in [0.4, 0.5) is 0 Å². The summed E-state index contributed by atoms with van der Waals surface area (Å²) in [6.07, 6.45) is 1.23. The molecule has 0 aliphatic carbocycles. The molecule has 3 aromatic carbocycles. The van der Waals surface area contributed by atoms with Gasteiger partial charge in [-0.15, -0.1) is 0 Å². The van der Waals surface area contributed by atoms with Crippen molar-refractivity contribution in [3.05, 3.63) is 72.8 Å². The maximum atomic E-state index is 9.83. The number of benzene rings is 3. The summed E-state index contributed by atoms with van der Waals surface area (Å²) in [6, 6.07) is 25.4. The summed E-state index contributed by atoms with van der Waals surface area (Å²) in [4.78, 5) is 3.70. The lowest BCUT2D eigenvalue weighted by Gasteiger charge is -2.22. The molecule has 0 bridgehead atoms. The quantitative estimate of drug-likeness (QED) is 0.177. The predicted molar refractivity (Wildman–Crippen MR) is 172 cm³/mol. The molecule has 3 rings (SSSR count). The summed E-state index contributed by atoms with van der Waals surface area (Å²) in [5.74, 6) is 2.41. The third-order valence-electron chi connectivity index (χ3n) is 5.20. The molecule has 0 saturated heterocycles. The van der Waals surface area contributed by atoms with E-state index in [4.69, 9.17) is 14.2 Å². The molecular formula is C34H48O6S2. The Bertz CT molecular complexity index is 1190. The number of hydrogen-bond acceptors (Lipinski definition) is 6. The number of hydrogen-bond donors (Lipinski definition) is 0. The summed E-state index contributed by atoms with van der Waals surface area (Å²) in [5.41, 5.74) is -0.682. The highest BCUT2D eigenvalue weighted by molar-refractivity contribution is 7.97. The first-order chi connectivity index (χ1) is 19.2. The van der Waals surface area contributed by atoms with E-state index < -0.39 is 10.1 Å². The molecule has 0 atom stereocenters. The molecule has 0 amide bonds. The Balaban J connectivity index is 0.000000675. The van der Waals surface area contributed by atoms with Gasteiger partial charge < -0.3 is 18.8 Å². The Kier molecular flexibility index (Phi) is 12.4. The molecule has 0 spiro atoms. The van der Waals surface area contributed by atoms with E-state index in [0.29, 0.717) is 6.42 Å². The average molecular weight is 617 g/mol. The van der Waals surface area contributed by atoms with Crippen LogP contribution in [0.3, 0.4) is 0 Å². The molecule has 0 radical (unpaired) electrons. The molecule has 0 heterocycles. The van der Waals surface area contributed by atoms with Gasteiger partial charge in [-0.25, -0.2) is 8.42 Å². The maximum Gasteiger partial charge on any atom is 0.166 e. The standard InChI is InChI=1S/C30H39O3S.C4H10O3S/c1-28(2,3)31-22-10-16-25(17-11-22)34(26-18-12-23(13-19-26)32-29(4,5)6)27-20-14-24(15-21-27)33-30(7,8)9;1-2-3-4-8(5,6)7/h10-21H,1-9H3;2-4H2,1H3,(H,5,6,7)/q+1;/p-1. The molecule has 0 aromatic heterocycles. The van der Waals surface area contributed by atoms with Gasteiger partial charge in [0.2, 0.25) is 0 Å². The predicted octanol–water partition coefficient (Wildman–Crippen LogP) is 8.65. The minimum absolute atomic E-state index is 0.219. The summed E-state index contributed by atoms with van der Waals surface area (Å²) in [7, 11) is -4.21. The molecule has 8 heteroatoms. The first-order valence-electron chi connectivity index (χ1n) is 14.3. The van der Waals surface area contributed by atoms with Crippen molar-refractivity contribution in [1.29, 1.82) is 0 Å². The third kappa shape index (κ3) is 14.0. The van der Waals surface area contributed by atoms with Gasteiger partial charge in [0.15, 0.2) is 14.7 Å². The smallest absolute Gasteiger partial charge is 0.166 e. The zero-order valence-electron chi connectivity index (χ0n) is 26.8. The lowest BCUT2D eigenvalue weighted by molar-refractivity contribution is 0.130. The molecule has 0 saturated carbocycles. The number of rotatable bonds is 9. The molecule has 0 aliphatic heterocycles. The van der Waals surface area contributed by atoms with Crippen LogP contribution in [0.2, 0.25) is 0 Å². The third-order valence-corrected chi connectivity index (χ3v) is 8.22. The second-order valence-electron chi connectivity index (χ2n) is 13.0. The van der Waals surface area contributed by atoms with Crippen LogP contribution in [0, 0.1) is 0 Å². The lowest BCUT2D eigenvalue weighted by Crippen LogP contribution is -2.23. The van der Waals surface area contributed by atoms with Crippen LogP contribution in [0.25, 0.3) is 0 Å². The van der Waals surface area contributed by atoms with Crippen LogP contribution < -0.4 is 14.2 Å². The van der Waals surface area contributed by atoms with Gasteiger partial charge in [0.25, 0.3) is 0 Å². The largest absolute Gasteiger partial charge is 0.748 e. The fraction of sp³-hybridized carbons (Fsp3) is 0.471. The van der Waals surface area contributed by atoms with Crippen molar-refractivity contribution < 1.29 is 27.2 Å². The second kappa shape index (κ2) is 14.7. The van der Waals surface area contributed by atoms with E-state index in [0.717, 1.165) is 23.7 Å². The monoisotopic (exact) mass is 616 g/mol. The number of unbranched alkanes of at least 4 members (excludes halogenated alkanes) is 1. The number of ether oxygens (including phenoxy) is 3. The highest BCUT2D eigenvalue weighted by atomic mass is 32.2. The Hall–Kier alpha value is -2.68. The van der Waals surface area contributed by atoms with E-state index in [1.165, 1.54) is 14.7 Å². The van der Waals surface area contributed by atoms with Gasteiger partial charge in [0.1, 0.15) is 34.1 Å². The van der Waals surface area contributed by atoms with E-state index in [1.54, 1.807) is 0 Å². The zero-order valence-corrected chi connectivity index (χ0v) is 28.4. The maximum absolute atomic E-state index is 9.83. The first-order valence-corrected chi connectivity index (χ1v) is 17.1. The van der Waals surface area contributed by atoms with Crippen molar-refractivity contribution >= 4 is 21.0 Å². The van der Waals surface area contributed by atoms with Crippen LogP contribution >= 0.6 is 0 Å². The van der Waals surface area contributed by atoms with Crippen LogP contribution in [0.1, 0.15) is 82.1 Å². The Morgan fingerprint density at radius 2 is 0.833 bits per heavy atom. The summed E-state index contributed by atoms with van der Waals surface area (Å²) >= 11 is 0. The average Bonchev–Trinajstić information content (AvgIpc) is 2.83. The van der Waals surface area contributed by atoms with E-state index in [-0.39, 0.29) is 33.5 Å². The fourth-order valence-corrected chi connectivity index (χ4v) is 6.40. The van der Waals surface area contributed by atoms with Crippen molar-refractivity contribution in [3.63, 3.8) is 0 Å². The normalized spacial score (nSPS) is 12.4. The topological polar surface area (TPSA) is 84.9 Å². The minimum atomic E-state index is -3.94. The fourth-order valence-electron chi connectivity index (χ4n) is 3.72. The van der Waals surface area contributed by atoms with Gasteiger partial charge in [-0.2, -0.15) is 0 Å². The highest BCUT2D eigenvalue weighted by Crippen LogP contribution is 2.35. The summed E-state index contributed by atoms with van der Waals surface area (Å²) in [6.45, 7) is 20.4.